The van der Waals surface area contributed by atoms with E-state index in [2.05, 4.69) is 4.98 Å². The Labute approximate surface area is 188 Å². The molecule has 0 unspecified atom stereocenters. The molecule has 3 rings (SSSR count). The molecular weight excluding hydrogens is 406 g/mol. The fourth-order valence-corrected chi connectivity index (χ4v) is 3.62. The summed E-state index contributed by atoms with van der Waals surface area (Å²) in [6, 6.07) is 11.7. The number of amides is 2. The van der Waals surface area contributed by atoms with Crippen LogP contribution in [-0.2, 0) is 14.3 Å². The van der Waals surface area contributed by atoms with Crippen molar-refractivity contribution >= 4 is 23.5 Å². The Balaban J connectivity index is 2.08. The van der Waals surface area contributed by atoms with Crippen molar-refractivity contribution in [3.63, 3.8) is 0 Å². The van der Waals surface area contributed by atoms with Gasteiger partial charge in [-0.2, -0.15) is 0 Å². The van der Waals surface area contributed by atoms with Gasteiger partial charge in [0.05, 0.1) is 5.70 Å². The van der Waals surface area contributed by atoms with Crippen LogP contribution in [0.3, 0.4) is 0 Å². The van der Waals surface area contributed by atoms with Crippen molar-refractivity contribution < 1.29 is 19.1 Å². The number of carbonyl (C=O) groups excluding carboxylic acids is 3. The molecule has 0 spiro atoms. The second kappa shape index (κ2) is 9.34. The van der Waals surface area contributed by atoms with Gasteiger partial charge in [-0.3, -0.25) is 24.3 Å². The summed E-state index contributed by atoms with van der Waals surface area (Å²) >= 11 is 0. The molecule has 7 nitrogen and oxygen atoms in total. The summed E-state index contributed by atoms with van der Waals surface area (Å²) in [6.45, 7) is 8.86. The van der Waals surface area contributed by atoms with Gasteiger partial charge in [0.25, 0.3) is 11.8 Å². The normalized spacial score (nSPS) is 16.8. The quantitative estimate of drug-likeness (QED) is 0.669. The minimum Gasteiger partial charge on any atom is -0.459 e. The molecule has 1 aliphatic heterocycles. The fourth-order valence-electron chi connectivity index (χ4n) is 3.62. The van der Waals surface area contributed by atoms with Crippen LogP contribution in [0.2, 0.25) is 0 Å². The summed E-state index contributed by atoms with van der Waals surface area (Å²) in [7, 11) is 0. The molecule has 168 valence electrons. The molecule has 32 heavy (non-hydrogen) atoms. The summed E-state index contributed by atoms with van der Waals surface area (Å²) in [5.41, 5.74) is 0.954. The lowest BCUT2D eigenvalue weighted by molar-refractivity contribution is -0.158. The zero-order valence-electron chi connectivity index (χ0n) is 19.1. The molecule has 2 heterocycles. The molecule has 1 atom stereocenters. The first-order valence-electron chi connectivity index (χ1n) is 10.6. The minimum atomic E-state index is -0.759. The van der Waals surface area contributed by atoms with Crippen LogP contribution in [-0.4, -0.2) is 50.8 Å². The van der Waals surface area contributed by atoms with E-state index in [-0.39, 0.29) is 24.3 Å². The monoisotopic (exact) mass is 435 g/mol. The molecule has 7 heteroatoms. The van der Waals surface area contributed by atoms with E-state index in [4.69, 9.17) is 4.74 Å². The second-order valence-corrected chi connectivity index (χ2v) is 9.03. The molecule has 1 aromatic heterocycles. The van der Waals surface area contributed by atoms with Crippen molar-refractivity contribution in [2.24, 2.45) is 5.92 Å². The standard InChI is InChI=1S/C25H29N3O4/c1-17(2)22-24(31)27(16-21(29)32-25(3,4)5)20(18-9-7-6-8-10-18)15-28(22)23(30)19-11-13-26-14-12-19/h6-15,17,22H,16H2,1-5H3/t22-/m1/s1. The first-order valence-corrected chi connectivity index (χ1v) is 10.6. The summed E-state index contributed by atoms with van der Waals surface area (Å²) in [4.78, 5) is 46.5. The highest BCUT2D eigenvalue weighted by Gasteiger charge is 2.41. The molecule has 0 radical (unpaired) electrons. The van der Waals surface area contributed by atoms with Crippen LogP contribution in [0.25, 0.3) is 5.70 Å². The second-order valence-electron chi connectivity index (χ2n) is 9.03. The number of hydrogen-bond acceptors (Lipinski definition) is 5. The molecule has 1 aromatic carbocycles. The van der Waals surface area contributed by atoms with Crippen LogP contribution in [0.4, 0.5) is 0 Å². The first-order chi connectivity index (χ1) is 15.1. The average Bonchev–Trinajstić information content (AvgIpc) is 2.74. The maximum atomic E-state index is 13.7. The van der Waals surface area contributed by atoms with Gasteiger partial charge in [-0.25, -0.2) is 0 Å². The van der Waals surface area contributed by atoms with Crippen molar-refractivity contribution in [3.8, 4) is 0 Å². The van der Waals surface area contributed by atoms with Gasteiger partial charge in [-0.1, -0.05) is 44.2 Å². The number of aromatic nitrogens is 1. The molecular formula is C25H29N3O4. The van der Waals surface area contributed by atoms with Gasteiger partial charge in [0.1, 0.15) is 18.2 Å². The molecule has 0 N–H and O–H groups in total. The predicted molar refractivity (Wildman–Crippen MR) is 121 cm³/mol. The van der Waals surface area contributed by atoms with E-state index in [0.717, 1.165) is 5.56 Å². The van der Waals surface area contributed by atoms with Gasteiger partial charge in [-0.05, 0) is 44.4 Å². The molecule has 0 fully saturated rings. The maximum Gasteiger partial charge on any atom is 0.326 e. The Morgan fingerprint density at radius 1 is 1.06 bits per heavy atom. The van der Waals surface area contributed by atoms with E-state index in [1.165, 1.54) is 9.80 Å². The topological polar surface area (TPSA) is 79.8 Å². The number of rotatable bonds is 5. The smallest absolute Gasteiger partial charge is 0.326 e. The Bertz CT molecular complexity index is 1010. The Morgan fingerprint density at radius 2 is 1.69 bits per heavy atom. The largest absolute Gasteiger partial charge is 0.459 e. The fraction of sp³-hybridized carbons (Fsp3) is 0.360. The highest BCUT2D eigenvalue weighted by molar-refractivity contribution is 6.03. The van der Waals surface area contributed by atoms with Crippen LogP contribution in [0.15, 0.2) is 61.1 Å². The highest BCUT2D eigenvalue weighted by Crippen LogP contribution is 2.31. The summed E-state index contributed by atoms with van der Waals surface area (Å²) < 4.78 is 5.46. The van der Waals surface area contributed by atoms with E-state index in [9.17, 15) is 14.4 Å². The van der Waals surface area contributed by atoms with Gasteiger partial charge in [0.2, 0.25) is 0 Å². The molecule has 2 aromatic rings. The van der Waals surface area contributed by atoms with Crippen molar-refractivity contribution in [2.75, 3.05) is 6.54 Å². The van der Waals surface area contributed by atoms with E-state index >= 15 is 0 Å². The van der Waals surface area contributed by atoms with E-state index in [0.29, 0.717) is 11.3 Å². The summed E-state index contributed by atoms with van der Waals surface area (Å²) in [5, 5.41) is 0. The molecule has 1 aliphatic rings. The third-order valence-corrected chi connectivity index (χ3v) is 4.94. The highest BCUT2D eigenvalue weighted by atomic mass is 16.6. The van der Waals surface area contributed by atoms with Crippen LogP contribution in [0.1, 0.15) is 50.5 Å². The van der Waals surface area contributed by atoms with Crippen molar-refractivity contribution in [1.29, 1.82) is 0 Å². The van der Waals surface area contributed by atoms with Crippen LogP contribution in [0, 0.1) is 5.92 Å². The SMILES string of the molecule is CC(C)[C@@H]1C(=O)N(CC(=O)OC(C)(C)C)C(c2ccccc2)=CN1C(=O)c1ccncc1. The Morgan fingerprint density at radius 3 is 2.25 bits per heavy atom. The van der Waals surface area contributed by atoms with E-state index in [1.807, 2.05) is 44.2 Å². The number of carbonyl (C=O) groups is 3. The lowest BCUT2D eigenvalue weighted by Gasteiger charge is -2.41. The van der Waals surface area contributed by atoms with Crippen LogP contribution >= 0.6 is 0 Å². The summed E-state index contributed by atoms with van der Waals surface area (Å²) in [6.07, 6.45) is 4.74. The van der Waals surface area contributed by atoms with Crippen molar-refractivity contribution in [1.82, 2.24) is 14.8 Å². The van der Waals surface area contributed by atoms with Crippen LogP contribution < -0.4 is 0 Å². The van der Waals surface area contributed by atoms with Gasteiger partial charge in [-0.15, -0.1) is 0 Å². The number of benzene rings is 1. The zero-order valence-corrected chi connectivity index (χ0v) is 19.1. The third kappa shape index (κ3) is 5.22. The Hall–Kier alpha value is -3.48. The number of hydrogen-bond donors (Lipinski definition) is 0. The molecule has 2 amide bonds. The zero-order chi connectivity index (χ0) is 23.5. The van der Waals surface area contributed by atoms with Crippen molar-refractivity contribution in [3.05, 3.63) is 72.2 Å². The third-order valence-electron chi connectivity index (χ3n) is 4.94. The molecule has 0 saturated heterocycles. The number of nitrogens with zero attached hydrogens (tertiary/aromatic N) is 3. The van der Waals surface area contributed by atoms with Gasteiger partial charge >= 0.3 is 5.97 Å². The first kappa shape index (κ1) is 23.2. The van der Waals surface area contributed by atoms with Gasteiger partial charge in [0, 0.05) is 24.2 Å². The molecule has 0 aliphatic carbocycles. The number of pyridine rings is 1. The van der Waals surface area contributed by atoms with Gasteiger partial charge < -0.3 is 9.64 Å². The molecule has 0 saturated carbocycles. The number of esters is 1. The molecule has 0 bridgehead atoms. The van der Waals surface area contributed by atoms with Gasteiger partial charge in [0.15, 0.2) is 0 Å². The van der Waals surface area contributed by atoms with Crippen LogP contribution in [0.5, 0.6) is 0 Å². The lowest BCUT2D eigenvalue weighted by Crippen LogP contribution is -2.55. The maximum absolute atomic E-state index is 13.7. The lowest BCUT2D eigenvalue weighted by atomic mass is 9.96. The van der Waals surface area contributed by atoms with E-state index in [1.54, 1.807) is 51.5 Å². The van der Waals surface area contributed by atoms with Crippen molar-refractivity contribution in [2.45, 2.75) is 46.3 Å². The Kier molecular flexibility index (Phi) is 6.77. The van der Waals surface area contributed by atoms with E-state index < -0.39 is 17.6 Å². The summed E-state index contributed by atoms with van der Waals surface area (Å²) in [5.74, 6) is -1.31. The minimum absolute atomic E-state index is 0.178. The number of ether oxygens (including phenoxy) is 1. The predicted octanol–water partition coefficient (Wildman–Crippen LogP) is 3.73. The average molecular weight is 436 g/mol.